The molecule has 0 fully saturated rings. The van der Waals surface area contributed by atoms with Crippen LogP contribution in [0.25, 0.3) is 11.3 Å². The molecule has 0 radical (unpaired) electrons. The van der Waals surface area contributed by atoms with Crippen molar-refractivity contribution in [1.29, 1.82) is 0 Å². The molecule has 6 heteroatoms. The summed E-state index contributed by atoms with van der Waals surface area (Å²) < 4.78 is 14.0. The van der Waals surface area contributed by atoms with Crippen LogP contribution in [0.5, 0.6) is 0 Å². The minimum atomic E-state index is -0.292. The van der Waals surface area contributed by atoms with Gasteiger partial charge in [0.05, 0.1) is 5.75 Å². The van der Waals surface area contributed by atoms with Gasteiger partial charge < -0.3 is 4.90 Å². The Morgan fingerprint density at radius 2 is 2.29 bits per heavy atom. The molecule has 1 N–H and O–H groups in total. The fourth-order valence-corrected chi connectivity index (χ4v) is 3.03. The molecule has 0 saturated carbocycles. The molecule has 2 heterocycles. The summed E-state index contributed by atoms with van der Waals surface area (Å²) in [6.07, 6.45) is 2.65. The van der Waals surface area contributed by atoms with Crippen molar-refractivity contribution in [2.75, 3.05) is 18.6 Å². The Bertz CT molecular complexity index is 671. The standard InChI is InChI=1S/C15H16FN3OS/c1-21-9-14(20)19-7-6-13-11(8-19)15(18-17-13)10-4-2-3-5-12(10)16/h2-5H,6-9H2,1H3,(H,17,18). The van der Waals surface area contributed by atoms with Gasteiger partial charge in [0.15, 0.2) is 0 Å². The zero-order chi connectivity index (χ0) is 14.8. The van der Waals surface area contributed by atoms with Crippen molar-refractivity contribution in [2.45, 2.75) is 13.0 Å². The second-order valence-electron chi connectivity index (χ2n) is 5.01. The average Bonchev–Trinajstić information content (AvgIpc) is 2.91. The summed E-state index contributed by atoms with van der Waals surface area (Å²) in [5.74, 6) is 0.301. The number of hydrogen-bond acceptors (Lipinski definition) is 3. The number of thioether (sulfide) groups is 1. The SMILES string of the molecule is CSCC(=O)N1CCc2[nH]nc(-c3ccccc3F)c2C1. The Labute approximate surface area is 126 Å². The third kappa shape index (κ3) is 2.68. The number of fused-ring (bicyclic) bond motifs is 1. The number of amides is 1. The molecule has 21 heavy (non-hydrogen) atoms. The third-order valence-electron chi connectivity index (χ3n) is 3.68. The molecule has 1 aliphatic heterocycles. The van der Waals surface area contributed by atoms with Crippen molar-refractivity contribution in [1.82, 2.24) is 15.1 Å². The highest BCUT2D eigenvalue weighted by molar-refractivity contribution is 7.99. The lowest BCUT2D eigenvalue weighted by atomic mass is 10.0. The zero-order valence-corrected chi connectivity index (χ0v) is 12.5. The number of carbonyl (C=O) groups excluding carboxylic acids is 1. The van der Waals surface area contributed by atoms with E-state index in [1.165, 1.54) is 17.8 Å². The van der Waals surface area contributed by atoms with Crippen LogP contribution in [0, 0.1) is 5.82 Å². The normalized spacial score (nSPS) is 14.1. The van der Waals surface area contributed by atoms with E-state index < -0.39 is 0 Å². The van der Waals surface area contributed by atoms with Crippen LogP contribution in [0.4, 0.5) is 4.39 Å². The van der Waals surface area contributed by atoms with E-state index in [1.807, 2.05) is 11.2 Å². The summed E-state index contributed by atoms with van der Waals surface area (Å²) in [7, 11) is 0. The molecule has 0 unspecified atom stereocenters. The van der Waals surface area contributed by atoms with Crippen LogP contribution in [0.3, 0.4) is 0 Å². The molecule has 0 aliphatic carbocycles. The smallest absolute Gasteiger partial charge is 0.232 e. The lowest BCUT2D eigenvalue weighted by molar-refractivity contribution is -0.129. The average molecular weight is 305 g/mol. The number of hydrogen-bond donors (Lipinski definition) is 1. The van der Waals surface area contributed by atoms with Crippen molar-refractivity contribution in [2.24, 2.45) is 0 Å². The van der Waals surface area contributed by atoms with Gasteiger partial charge in [0, 0.05) is 36.3 Å². The Hall–Kier alpha value is -1.82. The van der Waals surface area contributed by atoms with Crippen LogP contribution < -0.4 is 0 Å². The maximum absolute atomic E-state index is 14.0. The molecule has 0 bridgehead atoms. The Morgan fingerprint density at radius 1 is 1.48 bits per heavy atom. The van der Waals surface area contributed by atoms with Gasteiger partial charge in [-0.2, -0.15) is 16.9 Å². The Kier molecular flexibility index (Phi) is 3.96. The second kappa shape index (κ2) is 5.89. The Morgan fingerprint density at radius 3 is 3.05 bits per heavy atom. The number of halogens is 1. The fourth-order valence-electron chi connectivity index (χ4n) is 2.60. The molecule has 0 saturated heterocycles. The zero-order valence-electron chi connectivity index (χ0n) is 11.7. The lowest BCUT2D eigenvalue weighted by Gasteiger charge is -2.27. The molecule has 0 spiro atoms. The first-order chi connectivity index (χ1) is 10.2. The van der Waals surface area contributed by atoms with Crippen LogP contribution in [0.2, 0.25) is 0 Å². The van der Waals surface area contributed by atoms with Gasteiger partial charge in [-0.15, -0.1) is 0 Å². The van der Waals surface area contributed by atoms with E-state index in [0.29, 0.717) is 30.1 Å². The number of carbonyl (C=O) groups is 1. The van der Waals surface area contributed by atoms with Crippen molar-refractivity contribution in [3.8, 4) is 11.3 Å². The monoisotopic (exact) mass is 305 g/mol. The maximum Gasteiger partial charge on any atom is 0.232 e. The molecule has 1 amide bonds. The van der Waals surface area contributed by atoms with Crippen molar-refractivity contribution < 1.29 is 9.18 Å². The fraction of sp³-hybridized carbons (Fsp3) is 0.333. The number of benzene rings is 1. The molecule has 0 atom stereocenters. The first kappa shape index (κ1) is 14.1. The first-order valence-corrected chi connectivity index (χ1v) is 8.18. The lowest BCUT2D eigenvalue weighted by Crippen LogP contribution is -2.37. The molecule has 3 rings (SSSR count). The molecule has 1 aromatic carbocycles. The van der Waals surface area contributed by atoms with E-state index >= 15 is 0 Å². The van der Waals surface area contributed by atoms with E-state index in [1.54, 1.807) is 18.2 Å². The number of H-pyrrole nitrogens is 1. The predicted molar refractivity (Wildman–Crippen MR) is 81.5 cm³/mol. The van der Waals surface area contributed by atoms with Gasteiger partial charge in [-0.25, -0.2) is 4.39 Å². The van der Waals surface area contributed by atoms with Gasteiger partial charge in [-0.3, -0.25) is 9.89 Å². The molecule has 4 nitrogen and oxygen atoms in total. The van der Waals surface area contributed by atoms with Crippen LogP contribution >= 0.6 is 11.8 Å². The van der Waals surface area contributed by atoms with E-state index in [0.717, 1.165) is 17.7 Å². The highest BCUT2D eigenvalue weighted by Crippen LogP contribution is 2.30. The van der Waals surface area contributed by atoms with Gasteiger partial charge in [-0.05, 0) is 18.4 Å². The summed E-state index contributed by atoms with van der Waals surface area (Å²) >= 11 is 1.52. The summed E-state index contributed by atoms with van der Waals surface area (Å²) in [5.41, 5.74) is 3.03. The van der Waals surface area contributed by atoms with Gasteiger partial charge in [0.25, 0.3) is 0 Å². The molecule has 2 aromatic rings. The quantitative estimate of drug-likeness (QED) is 0.947. The summed E-state index contributed by atoms with van der Waals surface area (Å²) in [4.78, 5) is 13.9. The maximum atomic E-state index is 14.0. The van der Waals surface area contributed by atoms with Crippen molar-refractivity contribution >= 4 is 17.7 Å². The molecular formula is C15H16FN3OS. The number of nitrogens with zero attached hydrogens (tertiary/aromatic N) is 2. The van der Waals surface area contributed by atoms with Gasteiger partial charge in [0.2, 0.25) is 5.91 Å². The first-order valence-electron chi connectivity index (χ1n) is 6.78. The second-order valence-corrected chi connectivity index (χ2v) is 5.87. The minimum absolute atomic E-state index is 0.119. The predicted octanol–water partition coefficient (Wildman–Crippen LogP) is 2.46. The van der Waals surface area contributed by atoms with Crippen LogP contribution in [0.15, 0.2) is 24.3 Å². The van der Waals surface area contributed by atoms with Crippen LogP contribution in [-0.2, 0) is 17.8 Å². The Balaban J connectivity index is 1.93. The molecule has 1 aliphatic rings. The van der Waals surface area contributed by atoms with E-state index in [4.69, 9.17) is 0 Å². The summed E-state index contributed by atoms with van der Waals surface area (Å²) in [6.45, 7) is 1.18. The topological polar surface area (TPSA) is 49.0 Å². The number of nitrogens with one attached hydrogen (secondary N) is 1. The largest absolute Gasteiger partial charge is 0.337 e. The summed E-state index contributed by atoms with van der Waals surface area (Å²) in [6, 6.07) is 6.59. The van der Waals surface area contributed by atoms with Gasteiger partial charge in [0.1, 0.15) is 11.5 Å². The highest BCUT2D eigenvalue weighted by Gasteiger charge is 2.26. The minimum Gasteiger partial charge on any atom is -0.337 e. The third-order valence-corrected chi connectivity index (χ3v) is 4.22. The van der Waals surface area contributed by atoms with E-state index in [9.17, 15) is 9.18 Å². The van der Waals surface area contributed by atoms with E-state index in [2.05, 4.69) is 10.2 Å². The highest BCUT2D eigenvalue weighted by atomic mass is 32.2. The number of aromatic nitrogens is 2. The van der Waals surface area contributed by atoms with Gasteiger partial charge >= 0.3 is 0 Å². The molecular weight excluding hydrogens is 289 g/mol. The van der Waals surface area contributed by atoms with Crippen LogP contribution in [-0.4, -0.2) is 39.6 Å². The van der Waals surface area contributed by atoms with Crippen LogP contribution in [0.1, 0.15) is 11.3 Å². The summed E-state index contributed by atoms with van der Waals surface area (Å²) in [5, 5.41) is 7.24. The van der Waals surface area contributed by atoms with Crippen molar-refractivity contribution in [3.05, 3.63) is 41.3 Å². The number of rotatable bonds is 3. The number of aromatic amines is 1. The van der Waals surface area contributed by atoms with Crippen molar-refractivity contribution in [3.63, 3.8) is 0 Å². The van der Waals surface area contributed by atoms with Gasteiger partial charge in [-0.1, -0.05) is 12.1 Å². The molecule has 1 aromatic heterocycles. The van der Waals surface area contributed by atoms with E-state index in [-0.39, 0.29) is 11.7 Å². The molecule has 110 valence electrons.